The van der Waals surface area contributed by atoms with Crippen molar-refractivity contribution in [1.82, 2.24) is 4.72 Å². The second-order valence-electron chi connectivity index (χ2n) is 2.84. The van der Waals surface area contributed by atoms with Gasteiger partial charge in [-0.2, -0.15) is 0 Å². The highest BCUT2D eigenvalue weighted by molar-refractivity contribution is 7.98. The van der Waals surface area contributed by atoms with Gasteiger partial charge in [0.2, 0.25) is 10.0 Å². The van der Waals surface area contributed by atoms with Gasteiger partial charge in [0.25, 0.3) is 0 Å². The van der Waals surface area contributed by atoms with E-state index in [0.717, 1.165) is 10.5 Å². The van der Waals surface area contributed by atoms with Crippen LogP contribution in [0.2, 0.25) is 0 Å². The molecule has 0 radical (unpaired) electrons. The van der Waals surface area contributed by atoms with Crippen LogP contribution in [-0.2, 0) is 10.0 Å². The minimum absolute atomic E-state index is 0.315. The van der Waals surface area contributed by atoms with E-state index >= 15 is 0 Å². The van der Waals surface area contributed by atoms with Gasteiger partial charge in [0.15, 0.2) is 0 Å². The molecule has 0 aliphatic heterocycles. The van der Waals surface area contributed by atoms with Crippen molar-refractivity contribution in [2.24, 2.45) is 0 Å². The molecule has 1 N–H and O–H groups in total. The average molecular weight is 231 g/mol. The molecule has 0 aliphatic rings. The van der Waals surface area contributed by atoms with E-state index in [1.54, 1.807) is 23.9 Å². The summed E-state index contributed by atoms with van der Waals surface area (Å²) in [6.45, 7) is 1.90. The molecule has 1 rings (SSSR count). The van der Waals surface area contributed by atoms with Gasteiger partial charge in [-0.1, -0.05) is 0 Å². The molecule has 78 valence electrons. The second kappa shape index (κ2) is 4.33. The Morgan fingerprint density at radius 3 is 2.43 bits per heavy atom. The van der Waals surface area contributed by atoms with Gasteiger partial charge in [0, 0.05) is 4.90 Å². The van der Waals surface area contributed by atoms with Crippen molar-refractivity contribution in [2.75, 3.05) is 13.3 Å². The maximum Gasteiger partial charge on any atom is 0.240 e. The lowest BCUT2D eigenvalue weighted by molar-refractivity contribution is 0.588. The van der Waals surface area contributed by atoms with Gasteiger partial charge in [0.05, 0.1) is 4.90 Å². The minimum Gasteiger partial charge on any atom is -0.214 e. The fourth-order valence-corrected chi connectivity index (χ4v) is 2.54. The van der Waals surface area contributed by atoms with E-state index in [-0.39, 0.29) is 0 Å². The molecule has 0 saturated heterocycles. The number of aryl methyl sites for hydroxylation is 1. The molecule has 0 amide bonds. The number of rotatable bonds is 3. The summed E-state index contributed by atoms with van der Waals surface area (Å²) in [4.78, 5) is 1.41. The normalized spacial score (nSPS) is 11.6. The monoisotopic (exact) mass is 231 g/mol. The molecule has 1 aromatic carbocycles. The highest BCUT2D eigenvalue weighted by Crippen LogP contribution is 2.22. The Morgan fingerprint density at radius 1 is 1.36 bits per heavy atom. The predicted molar refractivity (Wildman–Crippen MR) is 59.2 cm³/mol. The summed E-state index contributed by atoms with van der Waals surface area (Å²) in [6.07, 6.45) is 1.97. The molecule has 0 fully saturated rings. The number of nitrogens with one attached hydrogen (secondary N) is 1. The largest absolute Gasteiger partial charge is 0.240 e. The first-order valence-corrected chi connectivity index (χ1v) is 6.80. The smallest absolute Gasteiger partial charge is 0.214 e. The van der Waals surface area contributed by atoms with Crippen molar-refractivity contribution in [3.63, 3.8) is 0 Å². The van der Waals surface area contributed by atoms with Crippen molar-refractivity contribution in [2.45, 2.75) is 16.7 Å². The Labute approximate surface area is 89.0 Å². The first-order valence-electron chi connectivity index (χ1n) is 4.09. The molecular formula is C9H13NO2S2. The molecule has 5 heteroatoms. The molecule has 0 saturated carbocycles. The Morgan fingerprint density at radius 2 is 2.00 bits per heavy atom. The lowest BCUT2D eigenvalue weighted by atomic mass is 10.2. The number of sulfonamides is 1. The second-order valence-corrected chi connectivity index (χ2v) is 5.57. The Kier molecular flexibility index (Phi) is 3.58. The first-order chi connectivity index (χ1) is 6.51. The number of hydrogen-bond donors (Lipinski definition) is 1. The van der Waals surface area contributed by atoms with Crippen molar-refractivity contribution in [3.05, 3.63) is 23.8 Å². The molecule has 0 spiro atoms. The zero-order chi connectivity index (χ0) is 10.8. The van der Waals surface area contributed by atoms with Crippen LogP contribution < -0.4 is 4.72 Å². The highest BCUT2D eigenvalue weighted by atomic mass is 32.2. The van der Waals surface area contributed by atoms with Crippen LogP contribution in [0.4, 0.5) is 0 Å². The Hall–Kier alpha value is -0.520. The van der Waals surface area contributed by atoms with E-state index in [4.69, 9.17) is 0 Å². The number of hydrogen-bond acceptors (Lipinski definition) is 3. The van der Waals surface area contributed by atoms with Crippen LogP contribution in [-0.4, -0.2) is 21.7 Å². The van der Waals surface area contributed by atoms with Gasteiger partial charge < -0.3 is 0 Å². The van der Waals surface area contributed by atoms with Crippen molar-refractivity contribution >= 4 is 21.8 Å². The summed E-state index contributed by atoms with van der Waals surface area (Å²) in [5, 5.41) is 0. The van der Waals surface area contributed by atoms with Crippen LogP contribution in [0.1, 0.15) is 5.56 Å². The third-order valence-electron chi connectivity index (χ3n) is 1.95. The van der Waals surface area contributed by atoms with Crippen LogP contribution in [0.15, 0.2) is 28.0 Å². The summed E-state index contributed by atoms with van der Waals surface area (Å²) >= 11 is 1.61. The quantitative estimate of drug-likeness (QED) is 0.804. The fourth-order valence-electron chi connectivity index (χ4n) is 1.14. The zero-order valence-corrected chi connectivity index (χ0v) is 10.00. The summed E-state index contributed by atoms with van der Waals surface area (Å²) < 4.78 is 25.2. The SMILES string of the molecule is CNS(=O)(=O)c1ccc(SC)c(C)c1. The van der Waals surface area contributed by atoms with Gasteiger partial charge >= 0.3 is 0 Å². The molecule has 0 heterocycles. The van der Waals surface area contributed by atoms with Gasteiger partial charge in [-0.25, -0.2) is 13.1 Å². The molecule has 14 heavy (non-hydrogen) atoms. The van der Waals surface area contributed by atoms with Crippen molar-refractivity contribution < 1.29 is 8.42 Å². The average Bonchev–Trinajstić information content (AvgIpc) is 2.17. The van der Waals surface area contributed by atoms with Crippen LogP contribution >= 0.6 is 11.8 Å². The summed E-state index contributed by atoms with van der Waals surface area (Å²) in [6, 6.07) is 5.12. The third-order valence-corrected chi connectivity index (χ3v) is 4.26. The summed E-state index contributed by atoms with van der Waals surface area (Å²) in [5.41, 5.74) is 0.980. The number of benzene rings is 1. The fraction of sp³-hybridized carbons (Fsp3) is 0.333. The van der Waals surface area contributed by atoms with Gasteiger partial charge in [-0.15, -0.1) is 11.8 Å². The van der Waals surface area contributed by atoms with E-state index in [9.17, 15) is 8.42 Å². The minimum atomic E-state index is -3.30. The van der Waals surface area contributed by atoms with Crippen molar-refractivity contribution in [1.29, 1.82) is 0 Å². The van der Waals surface area contributed by atoms with E-state index < -0.39 is 10.0 Å². The van der Waals surface area contributed by atoms with E-state index in [0.29, 0.717) is 4.90 Å². The zero-order valence-electron chi connectivity index (χ0n) is 8.37. The summed E-state index contributed by atoms with van der Waals surface area (Å²) in [5.74, 6) is 0. The van der Waals surface area contributed by atoms with Crippen LogP contribution in [0.25, 0.3) is 0 Å². The third kappa shape index (κ3) is 2.29. The van der Waals surface area contributed by atoms with E-state index in [1.807, 2.05) is 19.2 Å². The van der Waals surface area contributed by atoms with E-state index in [1.165, 1.54) is 7.05 Å². The van der Waals surface area contributed by atoms with Crippen LogP contribution in [0.5, 0.6) is 0 Å². The predicted octanol–water partition coefficient (Wildman–Crippen LogP) is 1.63. The molecule has 0 bridgehead atoms. The van der Waals surface area contributed by atoms with Gasteiger partial charge in [0.1, 0.15) is 0 Å². The van der Waals surface area contributed by atoms with Crippen LogP contribution in [0, 0.1) is 6.92 Å². The van der Waals surface area contributed by atoms with Gasteiger partial charge in [-0.05, 0) is 44.0 Å². The molecule has 0 aromatic heterocycles. The van der Waals surface area contributed by atoms with E-state index in [2.05, 4.69) is 4.72 Å². The standard InChI is InChI=1S/C9H13NO2S2/c1-7-6-8(14(11,12)10-2)4-5-9(7)13-3/h4-6,10H,1-3H3. The molecule has 1 aromatic rings. The highest BCUT2D eigenvalue weighted by Gasteiger charge is 2.11. The van der Waals surface area contributed by atoms with Crippen molar-refractivity contribution in [3.8, 4) is 0 Å². The molecule has 0 atom stereocenters. The topological polar surface area (TPSA) is 46.2 Å². The maximum atomic E-state index is 11.4. The molecule has 3 nitrogen and oxygen atoms in total. The summed E-state index contributed by atoms with van der Waals surface area (Å²) in [7, 11) is -1.90. The van der Waals surface area contributed by atoms with Crippen LogP contribution in [0.3, 0.4) is 0 Å². The lowest BCUT2D eigenvalue weighted by Crippen LogP contribution is -2.18. The van der Waals surface area contributed by atoms with Gasteiger partial charge in [-0.3, -0.25) is 0 Å². The lowest BCUT2D eigenvalue weighted by Gasteiger charge is -2.06. The first kappa shape index (κ1) is 11.6. The maximum absolute atomic E-state index is 11.4. The number of thioether (sulfide) groups is 1. The molecular weight excluding hydrogens is 218 g/mol. The molecule has 0 aliphatic carbocycles. The Bertz CT molecular complexity index is 426. The molecule has 0 unspecified atom stereocenters. The Balaban J connectivity index is 3.22.